The van der Waals surface area contributed by atoms with Gasteiger partial charge < -0.3 is 10.1 Å². The van der Waals surface area contributed by atoms with E-state index in [1.165, 1.54) is 12.1 Å². The van der Waals surface area contributed by atoms with Crippen LogP contribution in [0.5, 0.6) is 5.75 Å². The monoisotopic (exact) mass is 366 g/mol. The average molecular weight is 366 g/mol. The average Bonchev–Trinajstić information content (AvgIpc) is 2.60. The van der Waals surface area contributed by atoms with Crippen LogP contribution in [0.15, 0.2) is 48.5 Å². The molecule has 0 aliphatic carbocycles. The normalized spacial score (nSPS) is 11.5. The Morgan fingerprint density at radius 2 is 1.62 bits per heavy atom. The van der Waals surface area contributed by atoms with Gasteiger partial charge in [-0.25, -0.2) is 0 Å². The van der Waals surface area contributed by atoms with Gasteiger partial charge in [-0.15, -0.1) is 0 Å². The number of hydrogen-bond donors (Lipinski definition) is 1. The van der Waals surface area contributed by atoms with E-state index >= 15 is 0 Å². The van der Waals surface area contributed by atoms with Gasteiger partial charge in [0.05, 0.1) is 19.2 Å². The van der Waals surface area contributed by atoms with Crippen LogP contribution >= 0.6 is 0 Å². The highest BCUT2D eigenvalue weighted by atomic mass is 19.4. The molecule has 0 saturated carbocycles. The fraction of sp³-hybridized carbons (Fsp3) is 0.316. The Bertz CT molecular complexity index is 713. The highest BCUT2D eigenvalue weighted by Crippen LogP contribution is 2.29. The molecule has 0 heterocycles. The standard InChI is InChI=1S/C19H21F3N2O2/c1-24(12-15-3-7-16(8-4-15)19(20,21)22)13-18(25)23-11-14-5-9-17(26-2)10-6-14/h3-10H,11-13H2,1-2H3,(H,23,25). The third-order valence-electron chi connectivity index (χ3n) is 3.80. The van der Waals surface area contributed by atoms with Gasteiger partial charge in [-0.05, 0) is 42.4 Å². The van der Waals surface area contributed by atoms with Crippen molar-refractivity contribution in [2.24, 2.45) is 0 Å². The zero-order valence-corrected chi connectivity index (χ0v) is 14.6. The molecule has 0 spiro atoms. The van der Waals surface area contributed by atoms with Crippen molar-refractivity contribution in [3.05, 3.63) is 65.2 Å². The van der Waals surface area contributed by atoms with Crippen molar-refractivity contribution in [1.82, 2.24) is 10.2 Å². The molecule has 0 aliphatic heterocycles. The van der Waals surface area contributed by atoms with Crippen molar-refractivity contribution in [2.75, 3.05) is 20.7 Å². The van der Waals surface area contributed by atoms with Crippen LogP contribution in [0.3, 0.4) is 0 Å². The molecule has 0 atom stereocenters. The smallest absolute Gasteiger partial charge is 0.416 e. The second-order valence-electron chi connectivity index (χ2n) is 5.99. The molecule has 140 valence electrons. The van der Waals surface area contributed by atoms with Crippen LogP contribution < -0.4 is 10.1 Å². The van der Waals surface area contributed by atoms with Crippen molar-refractivity contribution < 1.29 is 22.7 Å². The number of alkyl halides is 3. The third kappa shape index (κ3) is 6.07. The molecule has 4 nitrogen and oxygen atoms in total. The van der Waals surface area contributed by atoms with Gasteiger partial charge in [-0.3, -0.25) is 9.69 Å². The van der Waals surface area contributed by atoms with E-state index in [1.807, 2.05) is 24.3 Å². The van der Waals surface area contributed by atoms with E-state index in [-0.39, 0.29) is 12.5 Å². The van der Waals surface area contributed by atoms with Crippen molar-refractivity contribution in [1.29, 1.82) is 0 Å². The van der Waals surface area contributed by atoms with Crippen LogP contribution in [0.4, 0.5) is 13.2 Å². The second-order valence-corrected chi connectivity index (χ2v) is 5.99. The third-order valence-corrected chi connectivity index (χ3v) is 3.80. The molecular weight excluding hydrogens is 345 g/mol. The Morgan fingerprint density at radius 3 is 2.15 bits per heavy atom. The number of hydrogen-bond acceptors (Lipinski definition) is 3. The summed E-state index contributed by atoms with van der Waals surface area (Å²) in [5, 5.41) is 2.81. The van der Waals surface area contributed by atoms with Crippen molar-refractivity contribution in [3.8, 4) is 5.75 Å². The first kappa shape index (κ1) is 19.8. The Morgan fingerprint density at radius 1 is 1.04 bits per heavy atom. The number of methoxy groups -OCH3 is 1. The maximum Gasteiger partial charge on any atom is 0.416 e. The number of amides is 1. The van der Waals surface area contributed by atoms with E-state index in [0.29, 0.717) is 18.7 Å². The molecule has 7 heteroatoms. The van der Waals surface area contributed by atoms with Gasteiger partial charge in [0.1, 0.15) is 5.75 Å². The number of likely N-dealkylation sites (N-methyl/N-ethyl adjacent to an activating group) is 1. The Kier molecular flexibility index (Phi) is 6.63. The van der Waals surface area contributed by atoms with E-state index in [9.17, 15) is 18.0 Å². The van der Waals surface area contributed by atoms with Gasteiger partial charge in [-0.1, -0.05) is 24.3 Å². The molecule has 2 aromatic rings. The Hall–Kier alpha value is -2.54. The SMILES string of the molecule is COc1ccc(CNC(=O)CN(C)Cc2ccc(C(F)(F)F)cc2)cc1. The summed E-state index contributed by atoms with van der Waals surface area (Å²) in [6.07, 6.45) is -4.34. The fourth-order valence-electron chi connectivity index (χ4n) is 2.41. The zero-order valence-electron chi connectivity index (χ0n) is 14.6. The number of carbonyl (C=O) groups excluding carboxylic acids is 1. The van der Waals surface area contributed by atoms with E-state index < -0.39 is 11.7 Å². The predicted octanol–water partition coefficient (Wildman–Crippen LogP) is 3.46. The van der Waals surface area contributed by atoms with Crippen LogP contribution in [0, 0.1) is 0 Å². The summed E-state index contributed by atoms with van der Waals surface area (Å²) in [5.41, 5.74) is 0.981. The highest BCUT2D eigenvalue weighted by molar-refractivity contribution is 5.77. The first-order chi connectivity index (χ1) is 12.3. The van der Waals surface area contributed by atoms with Gasteiger partial charge in [0.15, 0.2) is 0 Å². The van der Waals surface area contributed by atoms with Gasteiger partial charge >= 0.3 is 6.18 Å². The lowest BCUT2D eigenvalue weighted by Crippen LogP contribution is -2.34. The molecule has 2 rings (SSSR count). The number of ether oxygens (including phenoxy) is 1. The molecule has 1 amide bonds. The van der Waals surface area contributed by atoms with Gasteiger partial charge in [0, 0.05) is 13.1 Å². The lowest BCUT2D eigenvalue weighted by atomic mass is 10.1. The molecule has 0 aliphatic rings. The minimum absolute atomic E-state index is 0.150. The van der Waals surface area contributed by atoms with Crippen LogP contribution in [-0.4, -0.2) is 31.5 Å². The number of carbonyl (C=O) groups is 1. The second kappa shape index (κ2) is 8.71. The highest BCUT2D eigenvalue weighted by Gasteiger charge is 2.29. The molecular formula is C19H21F3N2O2. The van der Waals surface area contributed by atoms with Crippen LogP contribution in [0.25, 0.3) is 0 Å². The maximum absolute atomic E-state index is 12.6. The minimum atomic E-state index is -4.34. The summed E-state index contributed by atoms with van der Waals surface area (Å²) in [4.78, 5) is 13.7. The van der Waals surface area contributed by atoms with Crippen molar-refractivity contribution in [2.45, 2.75) is 19.3 Å². The molecule has 2 aromatic carbocycles. The van der Waals surface area contributed by atoms with E-state index in [2.05, 4.69) is 5.32 Å². The van der Waals surface area contributed by atoms with E-state index in [0.717, 1.165) is 23.4 Å². The van der Waals surface area contributed by atoms with Gasteiger partial charge in [0.2, 0.25) is 5.91 Å². The quantitative estimate of drug-likeness (QED) is 0.816. The topological polar surface area (TPSA) is 41.6 Å². The maximum atomic E-state index is 12.6. The molecule has 0 saturated heterocycles. The van der Waals surface area contributed by atoms with E-state index in [1.54, 1.807) is 19.1 Å². The van der Waals surface area contributed by atoms with E-state index in [4.69, 9.17) is 4.74 Å². The summed E-state index contributed by atoms with van der Waals surface area (Å²) in [7, 11) is 3.33. The molecule has 0 fully saturated rings. The Labute approximate surface area is 150 Å². The molecule has 1 N–H and O–H groups in total. The molecule has 0 aromatic heterocycles. The number of nitrogens with one attached hydrogen (secondary N) is 1. The summed E-state index contributed by atoms with van der Waals surface area (Å²) >= 11 is 0. The largest absolute Gasteiger partial charge is 0.497 e. The minimum Gasteiger partial charge on any atom is -0.497 e. The van der Waals surface area contributed by atoms with Crippen LogP contribution in [0.2, 0.25) is 0 Å². The van der Waals surface area contributed by atoms with Gasteiger partial charge in [0.25, 0.3) is 0 Å². The Balaban J connectivity index is 1.79. The first-order valence-electron chi connectivity index (χ1n) is 8.02. The summed E-state index contributed by atoms with van der Waals surface area (Å²) in [5.74, 6) is 0.589. The molecule has 0 bridgehead atoms. The lowest BCUT2D eigenvalue weighted by Gasteiger charge is -2.17. The number of nitrogens with zero attached hydrogens (tertiary/aromatic N) is 1. The zero-order chi connectivity index (χ0) is 19.2. The summed E-state index contributed by atoms with van der Waals surface area (Å²) < 4.78 is 42.7. The number of halogens is 3. The molecule has 0 radical (unpaired) electrons. The van der Waals surface area contributed by atoms with Gasteiger partial charge in [-0.2, -0.15) is 13.2 Å². The number of rotatable bonds is 7. The van der Waals surface area contributed by atoms with Crippen molar-refractivity contribution in [3.63, 3.8) is 0 Å². The summed E-state index contributed by atoms with van der Waals surface area (Å²) in [6.45, 7) is 0.933. The fourth-order valence-corrected chi connectivity index (χ4v) is 2.41. The van der Waals surface area contributed by atoms with Crippen LogP contribution in [-0.2, 0) is 24.1 Å². The van der Waals surface area contributed by atoms with Crippen LogP contribution in [0.1, 0.15) is 16.7 Å². The van der Waals surface area contributed by atoms with Crippen molar-refractivity contribution >= 4 is 5.91 Å². The molecule has 0 unspecified atom stereocenters. The first-order valence-corrected chi connectivity index (χ1v) is 8.02. The number of benzene rings is 2. The molecule has 26 heavy (non-hydrogen) atoms. The lowest BCUT2D eigenvalue weighted by molar-refractivity contribution is -0.137. The predicted molar refractivity (Wildman–Crippen MR) is 92.6 cm³/mol. The summed E-state index contributed by atoms with van der Waals surface area (Å²) in [6, 6.07) is 12.3.